The smallest absolute Gasteiger partial charge is 0.258 e. The first-order valence-electron chi connectivity index (χ1n) is 10.9. The molecule has 0 radical (unpaired) electrons. The number of ether oxygens (including phenoxy) is 1. The Morgan fingerprint density at radius 1 is 1.09 bits per heavy atom. The minimum atomic E-state index is -0.333. The van der Waals surface area contributed by atoms with Crippen LogP contribution in [0.2, 0.25) is 0 Å². The fraction of sp³-hybridized carbons (Fsp3) is 0.240. The summed E-state index contributed by atoms with van der Waals surface area (Å²) in [6.07, 6.45) is 2.45. The standard InChI is InChI=1S/C25H23FN4O3/c26-17-5-8-20-21(13-17)30-23(29-20)9-10-27-25(32)19-11-15-3-1-2-4-16(15)12-22(19)33-14-24(31)28-18-6-7-18/h1-5,8,11-13,18H,6-7,9-10,14H2,(H,27,32)(H,28,31)(H,29,30). The van der Waals surface area contributed by atoms with Crippen LogP contribution in [-0.2, 0) is 11.2 Å². The van der Waals surface area contributed by atoms with E-state index < -0.39 is 0 Å². The Kier molecular flexibility index (Phi) is 5.64. The number of nitrogens with zero attached hydrogens (tertiary/aromatic N) is 1. The van der Waals surface area contributed by atoms with Crippen LogP contribution in [0.5, 0.6) is 5.75 Å². The van der Waals surface area contributed by atoms with Gasteiger partial charge in [-0.15, -0.1) is 0 Å². The lowest BCUT2D eigenvalue weighted by atomic mass is 10.1. The maximum atomic E-state index is 13.4. The van der Waals surface area contributed by atoms with Crippen LogP contribution in [0.25, 0.3) is 21.8 Å². The second-order valence-electron chi connectivity index (χ2n) is 8.18. The van der Waals surface area contributed by atoms with Gasteiger partial charge in [0, 0.05) is 19.0 Å². The molecule has 1 aliphatic rings. The van der Waals surface area contributed by atoms with Gasteiger partial charge >= 0.3 is 0 Å². The molecule has 168 valence electrons. The van der Waals surface area contributed by atoms with Crippen molar-refractivity contribution in [3.63, 3.8) is 0 Å². The predicted molar refractivity (Wildman–Crippen MR) is 123 cm³/mol. The Labute approximate surface area is 189 Å². The molecule has 0 saturated heterocycles. The topological polar surface area (TPSA) is 96.1 Å². The van der Waals surface area contributed by atoms with Crippen molar-refractivity contribution in [2.45, 2.75) is 25.3 Å². The number of carbonyl (C=O) groups excluding carboxylic acids is 2. The van der Waals surface area contributed by atoms with E-state index >= 15 is 0 Å². The molecule has 5 rings (SSSR count). The van der Waals surface area contributed by atoms with Crippen molar-refractivity contribution in [3.8, 4) is 5.75 Å². The fourth-order valence-corrected chi connectivity index (χ4v) is 3.70. The number of carbonyl (C=O) groups is 2. The number of H-pyrrole nitrogens is 1. The number of halogens is 1. The maximum Gasteiger partial charge on any atom is 0.258 e. The van der Waals surface area contributed by atoms with Crippen LogP contribution in [0, 0.1) is 5.82 Å². The summed E-state index contributed by atoms with van der Waals surface area (Å²) >= 11 is 0. The van der Waals surface area contributed by atoms with Crippen LogP contribution >= 0.6 is 0 Å². The Hall–Kier alpha value is -3.94. The van der Waals surface area contributed by atoms with Crippen LogP contribution in [0.3, 0.4) is 0 Å². The lowest BCUT2D eigenvalue weighted by Crippen LogP contribution is -2.31. The Balaban J connectivity index is 1.28. The average molecular weight is 446 g/mol. The van der Waals surface area contributed by atoms with E-state index in [0.717, 1.165) is 23.6 Å². The molecule has 2 amide bonds. The summed E-state index contributed by atoms with van der Waals surface area (Å²) in [5, 5.41) is 7.58. The summed E-state index contributed by atoms with van der Waals surface area (Å²) in [5.74, 6) is 0.179. The van der Waals surface area contributed by atoms with Crippen molar-refractivity contribution in [3.05, 3.63) is 71.8 Å². The van der Waals surface area contributed by atoms with Crippen LogP contribution in [-0.4, -0.2) is 41.0 Å². The first-order valence-corrected chi connectivity index (χ1v) is 10.9. The summed E-state index contributed by atoms with van der Waals surface area (Å²) < 4.78 is 19.1. The SMILES string of the molecule is O=C(COc1cc2ccccc2cc1C(=O)NCCc1nc2ccc(F)cc2[nH]1)NC1CC1. The maximum absolute atomic E-state index is 13.4. The number of nitrogens with one attached hydrogen (secondary N) is 3. The molecule has 0 bridgehead atoms. The van der Waals surface area contributed by atoms with Crippen molar-refractivity contribution in [1.82, 2.24) is 20.6 Å². The number of hydrogen-bond donors (Lipinski definition) is 3. The minimum absolute atomic E-state index is 0.148. The molecule has 3 aromatic carbocycles. The number of imidazole rings is 1. The van der Waals surface area contributed by atoms with E-state index in [4.69, 9.17) is 4.74 Å². The lowest BCUT2D eigenvalue weighted by Gasteiger charge is -2.13. The molecule has 1 aromatic heterocycles. The monoisotopic (exact) mass is 446 g/mol. The number of hydrogen-bond acceptors (Lipinski definition) is 4. The highest BCUT2D eigenvalue weighted by Crippen LogP contribution is 2.26. The molecule has 1 aliphatic carbocycles. The molecule has 1 saturated carbocycles. The molecule has 0 atom stereocenters. The summed E-state index contributed by atoms with van der Waals surface area (Å²) in [4.78, 5) is 32.5. The summed E-state index contributed by atoms with van der Waals surface area (Å²) in [5.41, 5.74) is 1.65. The van der Waals surface area contributed by atoms with Gasteiger partial charge in [0.05, 0.1) is 16.6 Å². The second-order valence-corrected chi connectivity index (χ2v) is 8.18. The molecular weight excluding hydrogens is 423 g/mol. The van der Waals surface area contributed by atoms with Crippen LogP contribution in [0.4, 0.5) is 4.39 Å². The van der Waals surface area contributed by atoms with Gasteiger partial charge in [-0.2, -0.15) is 0 Å². The van der Waals surface area contributed by atoms with Gasteiger partial charge in [0.2, 0.25) is 0 Å². The fourth-order valence-electron chi connectivity index (χ4n) is 3.70. The van der Waals surface area contributed by atoms with Gasteiger partial charge in [-0.05, 0) is 53.9 Å². The molecule has 7 nitrogen and oxygen atoms in total. The molecule has 33 heavy (non-hydrogen) atoms. The number of aromatic nitrogens is 2. The molecule has 3 N–H and O–H groups in total. The van der Waals surface area contributed by atoms with E-state index in [9.17, 15) is 14.0 Å². The highest BCUT2D eigenvalue weighted by Gasteiger charge is 2.23. The highest BCUT2D eigenvalue weighted by molar-refractivity contribution is 6.01. The Morgan fingerprint density at radius 2 is 1.88 bits per heavy atom. The lowest BCUT2D eigenvalue weighted by molar-refractivity contribution is -0.123. The zero-order valence-corrected chi connectivity index (χ0v) is 17.9. The predicted octanol–water partition coefficient (Wildman–Crippen LogP) is 3.49. The summed E-state index contributed by atoms with van der Waals surface area (Å²) in [7, 11) is 0. The zero-order valence-electron chi connectivity index (χ0n) is 17.9. The number of amides is 2. The zero-order chi connectivity index (χ0) is 22.8. The molecule has 8 heteroatoms. The Morgan fingerprint density at radius 3 is 2.67 bits per heavy atom. The number of fused-ring (bicyclic) bond motifs is 2. The number of rotatable bonds is 8. The third kappa shape index (κ3) is 4.95. The van der Waals surface area contributed by atoms with Crippen molar-refractivity contribution in [1.29, 1.82) is 0 Å². The quantitative estimate of drug-likeness (QED) is 0.386. The van der Waals surface area contributed by atoms with E-state index in [1.54, 1.807) is 18.2 Å². The summed E-state index contributed by atoms with van der Waals surface area (Å²) in [6, 6.07) is 15.8. The largest absolute Gasteiger partial charge is 0.483 e. The minimum Gasteiger partial charge on any atom is -0.483 e. The van der Waals surface area contributed by atoms with Gasteiger partial charge in [-0.1, -0.05) is 24.3 Å². The van der Waals surface area contributed by atoms with Crippen molar-refractivity contribution < 1.29 is 18.7 Å². The van der Waals surface area contributed by atoms with Crippen molar-refractivity contribution in [2.75, 3.05) is 13.2 Å². The van der Waals surface area contributed by atoms with Crippen LogP contribution in [0.1, 0.15) is 29.0 Å². The van der Waals surface area contributed by atoms with Gasteiger partial charge in [0.1, 0.15) is 17.4 Å². The van der Waals surface area contributed by atoms with E-state index in [0.29, 0.717) is 41.1 Å². The molecule has 0 spiro atoms. The van der Waals surface area contributed by atoms with Gasteiger partial charge in [-0.3, -0.25) is 9.59 Å². The molecule has 1 heterocycles. The van der Waals surface area contributed by atoms with Crippen LogP contribution < -0.4 is 15.4 Å². The molecule has 0 aliphatic heterocycles. The molecule has 0 unspecified atom stereocenters. The number of aromatic amines is 1. The van der Waals surface area contributed by atoms with Gasteiger partial charge in [-0.25, -0.2) is 9.37 Å². The average Bonchev–Trinajstić information content (AvgIpc) is 3.53. The van der Waals surface area contributed by atoms with E-state index in [-0.39, 0.29) is 30.3 Å². The Bertz CT molecular complexity index is 1350. The van der Waals surface area contributed by atoms with Gasteiger partial charge in [0.25, 0.3) is 11.8 Å². The van der Waals surface area contributed by atoms with E-state index in [1.165, 1.54) is 12.1 Å². The molecular formula is C25H23FN4O3. The molecule has 4 aromatic rings. The van der Waals surface area contributed by atoms with Gasteiger partial charge < -0.3 is 20.4 Å². The normalized spacial score (nSPS) is 13.2. The second kappa shape index (κ2) is 8.90. The molecule has 1 fully saturated rings. The van der Waals surface area contributed by atoms with E-state index in [1.807, 2.05) is 24.3 Å². The third-order valence-corrected chi connectivity index (χ3v) is 5.53. The first-order chi connectivity index (χ1) is 16.0. The number of benzene rings is 3. The van der Waals surface area contributed by atoms with E-state index in [2.05, 4.69) is 20.6 Å². The van der Waals surface area contributed by atoms with Gasteiger partial charge in [0.15, 0.2) is 6.61 Å². The van der Waals surface area contributed by atoms with Crippen molar-refractivity contribution in [2.24, 2.45) is 0 Å². The highest BCUT2D eigenvalue weighted by atomic mass is 19.1. The van der Waals surface area contributed by atoms with Crippen LogP contribution in [0.15, 0.2) is 54.6 Å². The van der Waals surface area contributed by atoms with Crippen molar-refractivity contribution >= 4 is 33.6 Å². The summed E-state index contributed by atoms with van der Waals surface area (Å²) in [6.45, 7) is 0.181. The third-order valence-electron chi connectivity index (χ3n) is 5.53. The first kappa shape index (κ1) is 20.9.